The molecular formula is C18H14BrNO4S3. The third kappa shape index (κ3) is 3.91. The second-order valence-corrected chi connectivity index (χ2v) is 11.1. The summed E-state index contributed by atoms with van der Waals surface area (Å²) in [6.45, 7) is 0. The molecular weight excluding hydrogens is 470 g/mol. The van der Waals surface area contributed by atoms with Gasteiger partial charge < -0.3 is 4.42 Å². The van der Waals surface area contributed by atoms with Gasteiger partial charge in [0.1, 0.15) is 15.8 Å². The summed E-state index contributed by atoms with van der Waals surface area (Å²) in [7, 11) is -3.09. The number of carbonyl (C=O) groups is 1. The molecule has 2 aliphatic heterocycles. The van der Waals surface area contributed by atoms with E-state index in [9.17, 15) is 13.2 Å². The highest BCUT2D eigenvalue weighted by Crippen LogP contribution is 2.37. The molecule has 3 heterocycles. The van der Waals surface area contributed by atoms with Gasteiger partial charge in [-0.15, -0.1) is 0 Å². The van der Waals surface area contributed by atoms with Crippen molar-refractivity contribution in [3.8, 4) is 11.3 Å². The van der Waals surface area contributed by atoms with Gasteiger partial charge in [0, 0.05) is 16.1 Å². The van der Waals surface area contributed by atoms with Crippen molar-refractivity contribution in [2.24, 2.45) is 0 Å². The van der Waals surface area contributed by atoms with E-state index in [2.05, 4.69) is 15.9 Å². The van der Waals surface area contributed by atoms with Crippen LogP contribution in [0, 0.1) is 0 Å². The fourth-order valence-electron chi connectivity index (χ4n) is 3.13. The van der Waals surface area contributed by atoms with Crippen LogP contribution in [0.5, 0.6) is 0 Å². The first-order valence-corrected chi connectivity index (χ1v) is 12.0. The first-order valence-electron chi connectivity index (χ1n) is 8.16. The number of hydrogen-bond donors (Lipinski definition) is 0. The molecule has 0 bridgehead atoms. The molecule has 1 amide bonds. The summed E-state index contributed by atoms with van der Waals surface area (Å²) in [5.41, 5.74) is 0.924. The first kappa shape index (κ1) is 18.9. The van der Waals surface area contributed by atoms with Crippen LogP contribution in [-0.2, 0) is 14.6 Å². The number of furan rings is 1. The van der Waals surface area contributed by atoms with Crippen LogP contribution < -0.4 is 0 Å². The third-order valence-electron chi connectivity index (χ3n) is 4.41. The smallest absolute Gasteiger partial charge is 0.266 e. The average molecular weight is 484 g/mol. The zero-order valence-corrected chi connectivity index (χ0v) is 18.0. The predicted molar refractivity (Wildman–Crippen MR) is 114 cm³/mol. The Hall–Kier alpha value is -1.42. The van der Waals surface area contributed by atoms with Gasteiger partial charge in [-0.1, -0.05) is 52.0 Å². The number of nitrogens with zero attached hydrogens (tertiary/aromatic N) is 1. The number of thioether (sulfide) groups is 1. The lowest BCUT2D eigenvalue weighted by molar-refractivity contribution is -0.123. The molecule has 2 aliphatic rings. The largest absolute Gasteiger partial charge is 0.457 e. The number of rotatable bonds is 3. The SMILES string of the molecule is O=C1/C(=C\c2ccc(-c3cccc(Br)c3)o2)SC(=S)N1[C@@H]1CCS(=O)(=O)C1. The number of hydrogen-bond acceptors (Lipinski definition) is 6. The van der Waals surface area contributed by atoms with Crippen LogP contribution in [0.3, 0.4) is 0 Å². The second kappa shape index (κ2) is 7.20. The molecule has 2 saturated heterocycles. The Morgan fingerprint density at radius 3 is 2.81 bits per heavy atom. The fraction of sp³-hybridized carbons (Fsp3) is 0.222. The lowest BCUT2D eigenvalue weighted by Crippen LogP contribution is -2.39. The van der Waals surface area contributed by atoms with Crippen LogP contribution in [0.2, 0.25) is 0 Å². The summed E-state index contributed by atoms with van der Waals surface area (Å²) in [6.07, 6.45) is 2.08. The predicted octanol–water partition coefficient (Wildman–Crippen LogP) is 4.10. The Morgan fingerprint density at radius 1 is 1.30 bits per heavy atom. The molecule has 0 N–H and O–H groups in total. The van der Waals surface area contributed by atoms with E-state index in [4.69, 9.17) is 16.6 Å². The van der Waals surface area contributed by atoms with Crippen molar-refractivity contribution < 1.29 is 17.6 Å². The Bertz CT molecular complexity index is 1070. The van der Waals surface area contributed by atoms with Crippen molar-refractivity contribution in [2.45, 2.75) is 12.5 Å². The highest BCUT2D eigenvalue weighted by Gasteiger charge is 2.42. The molecule has 2 fully saturated rings. The van der Waals surface area contributed by atoms with Gasteiger partial charge in [-0.05, 0) is 30.7 Å². The molecule has 5 nitrogen and oxygen atoms in total. The number of halogens is 1. The first-order chi connectivity index (χ1) is 12.8. The standard InChI is InChI=1S/C18H14BrNO4S3/c19-12-3-1-2-11(8-12)15-5-4-14(24-15)9-16-17(21)20(18(25)26-16)13-6-7-27(22,23)10-13/h1-5,8-9,13H,6-7,10H2/b16-9+/t13-/m1/s1. The summed E-state index contributed by atoms with van der Waals surface area (Å²) in [5, 5.41) is 0. The van der Waals surface area contributed by atoms with E-state index < -0.39 is 9.84 Å². The Labute approximate surface area is 174 Å². The highest BCUT2D eigenvalue weighted by molar-refractivity contribution is 9.10. The molecule has 1 aromatic heterocycles. The van der Waals surface area contributed by atoms with Crippen molar-refractivity contribution in [3.63, 3.8) is 0 Å². The number of sulfone groups is 1. The molecule has 9 heteroatoms. The monoisotopic (exact) mass is 483 g/mol. The van der Waals surface area contributed by atoms with Crippen LogP contribution >= 0.6 is 39.9 Å². The van der Waals surface area contributed by atoms with E-state index in [0.717, 1.165) is 10.0 Å². The Kier molecular flexibility index (Phi) is 5.04. The van der Waals surface area contributed by atoms with Crippen LogP contribution in [-0.4, -0.2) is 41.1 Å². The number of carbonyl (C=O) groups excluding carboxylic acids is 1. The molecule has 0 saturated carbocycles. The Morgan fingerprint density at radius 2 is 2.11 bits per heavy atom. The van der Waals surface area contributed by atoms with E-state index >= 15 is 0 Å². The van der Waals surface area contributed by atoms with Gasteiger partial charge in [0.15, 0.2) is 9.84 Å². The number of benzene rings is 1. The maximum atomic E-state index is 12.7. The molecule has 4 rings (SSSR count). The van der Waals surface area contributed by atoms with Gasteiger partial charge in [-0.3, -0.25) is 9.69 Å². The van der Waals surface area contributed by atoms with Gasteiger partial charge in [-0.2, -0.15) is 0 Å². The van der Waals surface area contributed by atoms with Gasteiger partial charge in [-0.25, -0.2) is 8.42 Å². The summed E-state index contributed by atoms with van der Waals surface area (Å²) < 4.78 is 30.6. The summed E-state index contributed by atoms with van der Waals surface area (Å²) in [5.74, 6) is 1.06. The highest BCUT2D eigenvalue weighted by atomic mass is 79.9. The maximum absolute atomic E-state index is 12.7. The minimum absolute atomic E-state index is 0.0273. The minimum Gasteiger partial charge on any atom is -0.457 e. The van der Waals surface area contributed by atoms with Gasteiger partial charge in [0.2, 0.25) is 0 Å². The van der Waals surface area contributed by atoms with Crippen molar-refractivity contribution in [1.29, 1.82) is 0 Å². The normalized spacial score (nSPS) is 23.5. The minimum atomic E-state index is -3.09. The molecule has 0 aliphatic carbocycles. The second-order valence-electron chi connectivity index (χ2n) is 6.32. The quantitative estimate of drug-likeness (QED) is 0.483. The van der Waals surface area contributed by atoms with Crippen molar-refractivity contribution in [2.75, 3.05) is 11.5 Å². The average Bonchev–Trinajstić information content (AvgIpc) is 3.27. The third-order valence-corrected chi connectivity index (χ3v) is 7.98. The van der Waals surface area contributed by atoms with Crippen molar-refractivity contribution in [3.05, 3.63) is 51.5 Å². The van der Waals surface area contributed by atoms with Crippen molar-refractivity contribution >= 4 is 66.1 Å². The molecule has 0 spiro atoms. The molecule has 0 radical (unpaired) electrons. The van der Waals surface area contributed by atoms with E-state index in [0.29, 0.717) is 27.2 Å². The molecule has 27 heavy (non-hydrogen) atoms. The Balaban J connectivity index is 1.57. The summed E-state index contributed by atoms with van der Waals surface area (Å²) in [4.78, 5) is 14.6. The van der Waals surface area contributed by atoms with E-state index in [-0.39, 0.29) is 23.5 Å². The van der Waals surface area contributed by atoms with E-state index in [1.165, 1.54) is 16.7 Å². The fourth-order valence-corrected chi connectivity index (χ4v) is 6.61. The van der Waals surface area contributed by atoms with Gasteiger partial charge in [0.25, 0.3) is 5.91 Å². The van der Waals surface area contributed by atoms with Crippen molar-refractivity contribution in [1.82, 2.24) is 4.90 Å². The van der Waals surface area contributed by atoms with Gasteiger partial charge in [0.05, 0.1) is 22.5 Å². The van der Waals surface area contributed by atoms with Gasteiger partial charge >= 0.3 is 0 Å². The molecule has 140 valence electrons. The maximum Gasteiger partial charge on any atom is 0.266 e. The lowest BCUT2D eigenvalue weighted by atomic mass is 10.2. The van der Waals surface area contributed by atoms with Crippen LogP contribution in [0.25, 0.3) is 17.4 Å². The van der Waals surface area contributed by atoms with Crippen LogP contribution in [0.4, 0.5) is 0 Å². The summed E-state index contributed by atoms with van der Waals surface area (Å²) >= 11 is 9.93. The topological polar surface area (TPSA) is 67.6 Å². The van der Waals surface area contributed by atoms with Crippen LogP contribution in [0.1, 0.15) is 12.2 Å². The lowest BCUT2D eigenvalue weighted by Gasteiger charge is -2.20. The van der Waals surface area contributed by atoms with E-state index in [1.807, 2.05) is 30.3 Å². The molecule has 2 aromatic rings. The molecule has 1 atom stereocenters. The van der Waals surface area contributed by atoms with E-state index in [1.54, 1.807) is 12.1 Å². The zero-order chi connectivity index (χ0) is 19.2. The number of amides is 1. The van der Waals surface area contributed by atoms with Crippen LogP contribution in [0.15, 0.2) is 50.2 Å². The number of thiocarbonyl (C=S) groups is 1. The summed E-state index contributed by atoms with van der Waals surface area (Å²) in [6, 6.07) is 11.0. The zero-order valence-electron chi connectivity index (χ0n) is 13.9. The molecule has 1 aromatic carbocycles. The molecule has 0 unspecified atom stereocenters.